The molecule has 7 heteroatoms. The molecule has 0 saturated carbocycles. The van der Waals surface area contributed by atoms with E-state index in [1.807, 2.05) is 25.1 Å². The summed E-state index contributed by atoms with van der Waals surface area (Å²) >= 11 is 0. The number of nitrogens with zero attached hydrogens (tertiary/aromatic N) is 2. The van der Waals surface area contributed by atoms with Crippen molar-refractivity contribution in [2.45, 2.75) is 78.0 Å². The summed E-state index contributed by atoms with van der Waals surface area (Å²) in [5, 5.41) is 2.76. The maximum atomic E-state index is 12.9. The molecule has 0 atom stereocenters. The monoisotopic (exact) mass is 475 g/mol. The van der Waals surface area contributed by atoms with Crippen molar-refractivity contribution in [3.8, 4) is 11.5 Å². The Labute approximate surface area is 206 Å². The number of hydrogen-bond acceptors (Lipinski definition) is 5. The minimum Gasteiger partial charge on any atom is -0.490 e. The summed E-state index contributed by atoms with van der Waals surface area (Å²) in [7, 11) is 0. The number of benzene rings is 2. The van der Waals surface area contributed by atoms with Crippen molar-refractivity contribution in [1.82, 2.24) is 5.32 Å². The number of ether oxygens (including phenoxy) is 2. The van der Waals surface area contributed by atoms with Gasteiger partial charge in [0.05, 0.1) is 23.5 Å². The van der Waals surface area contributed by atoms with Crippen LogP contribution in [0, 0.1) is 0 Å². The number of anilines is 1. The van der Waals surface area contributed by atoms with Crippen LogP contribution < -0.4 is 19.7 Å². The van der Waals surface area contributed by atoms with Crippen LogP contribution >= 0.6 is 0 Å². The quantitative estimate of drug-likeness (QED) is 0.644. The second kappa shape index (κ2) is 7.57. The Balaban J connectivity index is 1.67. The smallest absolute Gasteiger partial charge is 0.329 e. The fraction of sp³-hybridized carbons (Fsp3) is 0.464. The van der Waals surface area contributed by atoms with Gasteiger partial charge in [-0.15, -0.1) is 0 Å². The second-order valence-corrected chi connectivity index (χ2v) is 11.4. The number of rotatable bonds is 4. The Morgan fingerprint density at radius 2 is 1.83 bits per heavy atom. The predicted molar refractivity (Wildman–Crippen MR) is 136 cm³/mol. The van der Waals surface area contributed by atoms with Gasteiger partial charge in [-0.25, -0.2) is 9.69 Å². The van der Waals surface area contributed by atoms with Gasteiger partial charge < -0.3 is 14.8 Å². The minimum atomic E-state index is -0.941. The average Bonchev–Trinajstić information content (AvgIpc) is 3.17. The molecular weight excluding hydrogens is 442 g/mol. The van der Waals surface area contributed by atoms with Crippen molar-refractivity contribution in [2.75, 3.05) is 11.5 Å². The lowest BCUT2D eigenvalue weighted by atomic mass is 9.81. The first-order valence-corrected chi connectivity index (χ1v) is 12.2. The van der Waals surface area contributed by atoms with Crippen molar-refractivity contribution >= 4 is 23.3 Å². The van der Waals surface area contributed by atoms with Crippen molar-refractivity contribution < 1.29 is 19.1 Å². The van der Waals surface area contributed by atoms with Gasteiger partial charge in [-0.1, -0.05) is 12.1 Å². The van der Waals surface area contributed by atoms with E-state index in [9.17, 15) is 9.59 Å². The molecule has 3 amide bonds. The first-order chi connectivity index (χ1) is 16.3. The van der Waals surface area contributed by atoms with Crippen LogP contribution in [0.3, 0.4) is 0 Å². The number of aliphatic imine (C=N–C) groups is 1. The van der Waals surface area contributed by atoms with E-state index in [1.54, 1.807) is 19.9 Å². The molecule has 1 fully saturated rings. The van der Waals surface area contributed by atoms with Gasteiger partial charge in [0.2, 0.25) is 0 Å². The maximum Gasteiger partial charge on any atom is 0.329 e. The molecule has 0 bridgehead atoms. The fourth-order valence-electron chi connectivity index (χ4n) is 5.32. The molecule has 0 spiro atoms. The molecule has 1 saturated heterocycles. The third-order valence-electron chi connectivity index (χ3n) is 6.72. The Bertz CT molecular complexity index is 1290. The Morgan fingerprint density at radius 1 is 1.09 bits per heavy atom. The third-order valence-corrected chi connectivity index (χ3v) is 6.72. The van der Waals surface area contributed by atoms with Crippen molar-refractivity contribution in [1.29, 1.82) is 0 Å². The topological polar surface area (TPSA) is 80.2 Å². The van der Waals surface area contributed by atoms with E-state index < -0.39 is 11.6 Å². The standard InChI is InChI=1S/C28H33N3O4/c1-8-34-20-13-17-14-26(2,3)29-22(21(17)19-15-27(4,5)35-23(19)20)16-10-9-11-18(12-16)31-24(32)28(6,7)30-25(31)33/h9-13H,8,14-15H2,1-7H3,(H,30,33). The molecule has 0 aromatic heterocycles. The highest BCUT2D eigenvalue weighted by atomic mass is 16.5. The number of nitrogens with one attached hydrogen (secondary N) is 1. The SMILES string of the molecule is CCOc1cc2c(c3c1OC(C)(C)C3)C(c1cccc(N3C(=O)NC(C)(C)C3=O)c1)=NC(C)(C)C2. The van der Waals surface area contributed by atoms with Gasteiger partial charge in [-0.05, 0) is 78.6 Å². The minimum absolute atomic E-state index is 0.275. The molecule has 3 heterocycles. The molecule has 0 radical (unpaired) electrons. The number of carbonyl (C=O) groups excluding carboxylic acids is 2. The van der Waals surface area contributed by atoms with E-state index in [0.29, 0.717) is 12.3 Å². The molecule has 2 aromatic rings. The van der Waals surface area contributed by atoms with Crippen molar-refractivity contribution in [3.05, 3.63) is 52.6 Å². The van der Waals surface area contributed by atoms with Crippen LogP contribution in [0.1, 0.15) is 70.7 Å². The average molecular weight is 476 g/mol. The number of fused-ring (bicyclic) bond motifs is 3. The zero-order valence-electron chi connectivity index (χ0n) is 21.5. The number of urea groups is 1. The van der Waals surface area contributed by atoms with Crippen LogP contribution in [0.2, 0.25) is 0 Å². The van der Waals surface area contributed by atoms with Gasteiger partial charge in [-0.2, -0.15) is 0 Å². The first-order valence-electron chi connectivity index (χ1n) is 12.2. The molecular formula is C28H33N3O4. The van der Waals surface area contributed by atoms with Gasteiger partial charge in [0.1, 0.15) is 11.1 Å². The van der Waals surface area contributed by atoms with E-state index in [-0.39, 0.29) is 17.0 Å². The lowest BCUT2D eigenvalue weighted by Crippen LogP contribution is -2.40. The Kier molecular flexibility index (Phi) is 5.06. The molecule has 5 rings (SSSR count). The highest BCUT2D eigenvalue weighted by Crippen LogP contribution is 2.48. The number of imide groups is 1. The zero-order chi connectivity index (χ0) is 25.3. The highest BCUT2D eigenvalue weighted by molar-refractivity contribution is 6.24. The predicted octanol–water partition coefficient (Wildman–Crippen LogP) is 4.81. The molecule has 3 aliphatic rings. The number of amides is 3. The van der Waals surface area contributed by atoms with E-state index in [1.165, 1.54) is 10.5 Å². The van der Waals surface area contributed by atoms with Crippen LogP contribution in [0.25, 0.3) is 0 Å². The van der Waals surface area contributed by atoms with Gasteiger partial charge in [0.25, 0.3) is 5.91 Å². The van der Waals surface area contributed by atoms with Crippen molar-refractivity contribution in [2.24, 2.45) is 4.99 Å². The van der Waals surface area contributed by atoms with E-state index >= 15 is 0 Å². The van der Waals surface area contributed by atoms with E-state index in [4.69, 9.17) is 14.5 Å². The summed E-state index contributed by atoms with van der Waals surface area (Å²) in [6, 6.07) is 9.20. The zero-order valence-corrected chi connectivity index (χ0v) is 21.5. The summed E-state index contributed by atoms with van der Waals surface area (Å²) in [5.41, 5.74) is 3.97. The molecule has 0 unspecified atom stereocenters. The van der Waals surface area contributed by atoms with Crippen LogP contribution in [0.15, 0.2) is 35.3 Å². The van der Waals surface area contributed by atoms with Crippen LogP contribution in [-0.4, -0.2) is 40.9 Å². The lowest BCUT2D eigenvalue weighted by molar-refractivity contribution is -0.121. The summed E-state index contributed by atoms with van der Waals surface area (Å²) < 4.78 is 12.3. The molecule has 0 aliphatic carbocycles. The molecule has 7 nitrogen and oxygen atoms in total. The summed E-state index contributed by atoms with van der Waals surface area (Å²) in [6.45, 7) is 14.4. The molecule has 2 aromatic carbocycles. The molecule has 3 aliphatic heterocycles. The van der Waals surface area contributed by atoms with Crippen molar-refractivity contribution in [3.63, 3.8) is 0 Å². The summed E-state index contributed by atoms with van der Waals surface area (Å²) in [6.07, 6.45) is 1.52. The summed E-state index contributed by atoms with van der Waals surface area (Å²) in [4.78, 5) is 32.0. The van der Waals surface area contributed by atoms with Crippen LogP contribution in [0.5, 0.6) is 11.5 Å². The van der Waals surface area contributed by atoms with E-state index in [0.717, 1.165) is 46.7 Å². The number of hydrogen-bond donors (Lipinski definition) is 1. The molecule has 35 heavy (non-hydrogen) atoms. The highest BCUT2D eigenvalue weighted by Gasteiger charge is 2.45. The molecule has 1 N–H and O–H groups in total. The second-order valence-electron chi connectivity index (χ2n) is 11.4. The first kappa shape index (κ1) is 23.4. The normalized spacial score (nSPS) is 21.1. The molecule has 184 valence electrons. The number of carbonyl (C=O) groups is 2. The van der Waals surface area contributed by atoms with Gasteiger partial charge in [0, 0.05) is 23.1 Å². The van der Waals surface area contributed by atoms with Crippen LogP contribution in [-0.2, 0) is 17.6 Å². The third kappa shape index (κ3) is 3.87. The van der Waals surface area contributed by atoms with E-state index in [2.05, 4.69) is 39.1 Å². The Hall–Kier alpha value is -3.35. The fourth-order valence-corrected chi connectivity index (χ4v) is 5.32. The van der Waals surface area contributed by atoms with Gasteiger partial charge in [0.15, 0.2) is 11.5 Å². The maximum absolute atomic E-state index is 12.9. The Morgan fingerprint density at radius 3 is 2.49 bits per heavy atom. The van der Waals surface area contributed by atoms with Gasteiger partial charge in [-0.3, -0.25) is 9.79 Å². The van der Waals surface area contributed by atoms with Gasteiger partial charge >= 0.3 is 6.03 Å². The lowest BCUT2D eigenvalue weighted by Gasteiger charge is -2.31. The largest absolute Gasteiger partial charge is 0.490 e. The summed E-state index contributed by atoms with van der Waals surface area (Å²) in [5.74, 6) is 1.29. The van der Waals surface area contributed by atoms with Crippen LogP contribution in [0.4, 0.5) is 10.5 Å².